The first-order valence-corrected chi connectivity index (χ1v) is 6.73. The van der Waals surface area contributed by atoms with Crippen LogP contribution in [-0.2, 0) is 4.84 Å². The molecule has 0 aromatic heterocycles. The summed E-state index contributed by atoms with van der Waals surface area (Å²) >= 11 is 0. The standard InChI is InChI=1S/C14H21N3O3.ClH/c1-3-4-5-14(16-20-10-11(2)15)12-6-8-13(9-7-12)17(18)19;/h6-9,11H,3-5,10,15H2,1-2H3;1H. The van der Waals surface area contributed by atoms with E-state index in [0.717, 1.165) is 30.5 Å². The summed E-state index contributed by atoms with van der Waals surface area (Å²) in [6.07, 6.45) is 2.80. The number of halogens is 1. The molecule has 1 aromatic carbocycles. The molecule has 0 aliphatic rings. The molecule has 6 nitrogen and oxygen atoms in total. The highest BCUT2D eigenvalue weighted by Crippen LogP contribution is 2.15. The Morgan fingerprint density at radius 1 is 1.43 bits per heavy atom. The van der Waals surface area contributed by atoms with E-state index in [1.165, 1.54) is 12.1 Å². The SMILES string of the molecule is CCCCC(=NOCC(C)N)c1ccc([N+](=O)[O-])cc1.Cl. The van der Waals surface area contributed by atoms with E-state index in [2.05, 4.69) is 12.1 Å². The van der Waals surface area contributed by atoms with Crippen molar-refractivity contribution < 1.29 is 9.76 Å². The molecule has 21 heavy (non-hydrogen) atoms. The first kappa shape index (κ1) is 19.3. The summed E-state index contributed by atoms with van der Waals surface area (Å²) in [5.41, 5.74) is 7.31. The smallest absolute Gasteiger partial charge is 0.269 e. The van der Waals surface area contributed by atoms with Gasteiger partial charge < -0.3 is 10.6 Å². The Morgan fingerprint density at radius 2 is 2.05 bits per heavy atom. The van der Waals surface area contributed by atoms with Crippen LogP contribution in [0.1, 0.15) is 38.7 Å². The minimum atomic E-state index is -0.417. The van der Waals surface area contributed by atoms with Crippen LogP contribution in [0.5, 0.6) is 0 Å². The number of non-ortho nitro benzene ring substituents is 1. The van der Waals surface area contributed by atoms with Crippen molar-refractivity contribution >= 4 is 23.8 Å². The summed E-state index contributed by atoms with van der Waals surface area (Å²) in [5, 5.41) is 14.8. The molecular formula is C14H22ClN3O3. The van der Waals surface area contributed by atoms with Gasteiger partial charge in [0.2, 0.25) is 0 Å². The molecule has 0 aliphatic heterocycles. The maximum atomic E-state index is 10.6. The number of hydrogen-bond acceptors (Lipinski definition) is 5. The van der Waals surface area contributed by atoms with Crippen LogP contribution >= 0.6 is 12.4 Å². The van der Waals surface area contributed by atoms with Gasteiger partial charge in [0, 0.05) is 18.2 Å². The molecule has 0 bridgehead atoms. The third-order valence-electron chi connectivity index (χ3n) is 2.69. The van der Waals surface area contributed by atoms with Crippen LogP contribution in [0.4, 0.5) is 5.69 Å². The van der Waals surface area contributed by atoms with Crippen LogP contribution < -0.4 is 5.73 Å². The maximum Gasteiger partial charge on any atom is 0.269 e. The number of rotatable bonds is 8. The molecule has 2 N–H and O–H groups in total. The molecule has 0 heterocycles. The quantitative estimate of drug-likeness (QED) is 0.453. The maximum absolute atomic E-state index is 10.6. The predicted octanol–water partition coefficient (Wildman–Crippen LogP) is 3.27. The van der Waals surface area contributed by atoms with E-state index >= 15 is 0 Å². The zero-order chi connectivity index (χ0) is 15.0. The molecule has 0 saturated heterocycles. The van der Waals surface area contributed by atoms with Gasteiger partial charge in [0.1, 0.15) is 6.61 Å². The van der Waals surface area contributed by atoms with Gasteiger partial charge >= 0.3 is 0 Å². The van der Waals surface area contributed by atoms with Crippen LogP contribution in [0.3, 0.4) is 0 Å². The number of hydrogen-bond donors (Lipinski definition) is 1. The van der Waals surface area contributed by atoms with Crippen molar-refractivity contribution in [2.45, 2.75) is 39.2 Å². The van der Waals surface area contributed by atoms with Gasteiger partial charge in [-0.15, -0.1) is 12.4 Å². The zero-order valence-corrected chi connectivity index (χ0v) is 13.1. The van der Waals surface area contributed by atoms with Crippen LogP contribution in [-0.4, -0.2) is 23.3 Å². The summed E-state index contributed by atoms with van der Waals surface area (Å²) in [5.74, 6) is 0. The normalized spacial score (nSPS) is 12.4. The summed E-state index contributed by atoms with van der Waals surface area (Å²) in [7, 11) is 0. The van der Waals surface area contributed by atoms with Gasteiger partial charge in [0.05, 0.1) is 10.6 Å². The number of oxime groups is 1. The Bertz CT molecular complexity index is 461. The molecule has 1 aromatic rings. The van der Waals surface area contributed by atoms with E-state index in [1.807, 2.05) is 6.92 Å². The number of nitro benzene ring substituents is 1. The molecule has 0 amide bonds. The zero-order valence-electron chi connectivity index (χ0n) is 12.3. The number of nitro groups is 1. The summed E-state index contributed by atoms with van der Waals surface area (Å²) in [6, 6.07) is 6.26. The lowest BCUT2D eigenvalue weighted by atomic mass is 10.0. The van der Waals surface area contributed by atoms with Crippen molar-refractivity contribution in [2.75, 3.05) is 6.61 Å². The topological polar surface area (TPSA) is 90.8 Å². The van der Waals surface area contributed by atoms with E-state index in [-0.39, 0.29) is 24.1 Å². The molecule has 118 valence electrons. The van der Waals surface area contributed by atoms with Crippen molar-refractivity contribution in [3.63, 3.8) is 0 Å². The Morgan fingerprint density at radius 3 is 2.52 bits per heavy atom. The fourth-order valence-electron chi connectivity index (χ4n) is 1.60. The summed E-state index contributed by atoms with van der Waals surface area (Å²) in [6.45, 7) is 4.28. The van der Waals surface area contributed by atoms with Gasteiger partial charge in [-0.2, -0.15) is 0 Å². The molecule has 1 rings (SSSR count). The fourth-order valence-corrected chi connectivity index (χ4v) is 1.60. The van der Waals surface area contributed by atoms with Crippen LogP contribution in [0.15, 0.2) is 29.4 Å². The molecule has 0 fully saturated rings. The second-order valence-electron chi connectivity index (χ2n) is 4.72. The van der Waals surface area contributed by atoms with Crippen LogP contribution in [0, 0.1) is 10.1 Å². The van der Waals surface area contributed by atoms with E-state index in [0.29, 0.717) is 6.61 Å². The number of benzene rings is 1. The van der Waals surface area contributed by atoms with Crippen molar-refractivity contribution in [2.24, 2.45) is 10.9 Å². The Labute approximate surface area is 130 Å². The number of nitrogens with zero attached hydrogens (tertiary/aromatic N) is 2. The highest BCUT2D eigenvalue weighted by atomic mass is 35.5. The largest absolute Gasteiger partial charge is 0.394 e. The highest BCUT2D eigenvalue weighted by molar-refractivity contribution is 6.00. The first-order valence-electron chi connectivity index (χ1n) is 6.73. The van der Waals surface area contributed by atoms with Gasteiger partial charge in [0.15, 0.2) is 0 Å². The molecule has 0 saturated carbocycles. The lowest BCUT2D eigenvalue weighted by Gasteiger charge is -2.08. The van der Waals surface area contributed by atoms with Gasteiger partial charge in [0.25, 0.3) is 5.69 Å². The van der Waals surface area contributed by atoms with Crippen LogP contribution in [0.2, 0.25) is 0 Å². The molecular weight excluding hydrogens is 294 g/mol. The molecule has 0 spiro atoms. The van der Waals surface area contributed by atoms with Crippen LogP contribution in [0.25, 0.3) is 0 Å². The van der Waals surface area contributed by atoms with Crippen molar-refractivity contribution in [1.82, 2.24) is 0 Å². The third kappa shape index (κ3) is 7.06. The Hall–Kier alpha value is -1.66. The average molecular weight is 316 g/mol. The molecule has 7 heteroatoms. The lowest BCUT2D eigenvalue weighted by Crippen LogP contribution is -2.21. The molecule has 0 radical (unpaired) electrons. The number of unbranched alkanes of at least 4 members (excludes halogenated alkanes) is 1. The second kappa shape index (κ2) is 10.1. The third-order valence-corrected chi connectivity index (χ3v) is 2.69. The van der Waals surface area contributed by atoms with Gasteiger partial charge in [-0.3, -0.25) is 10.1 Å². The highest BCUT2D eigenvalue weighted by Gasteiger charge is 2.09. The van der Waals surface area contributed by atoms with Crippen molar-refractivity contribution in [3.8, 4) is 0 Å². The predicted molar refractivity (Wildman–Crippen MR) is 86.0 cm³/mol. The van der Waals surface area contributed by atoms with E-state index in [9.17, 15) is 10.1 Å². The molecule has 0 aliphatic carbocycles. The fraction of sp³-hybridized carbons (Fsp3) is 0.500. The Kier molecular flexibility index (Phi) is 9.32. The minimum absolute atomic E-state index is 0. The lowest BCUT2D eigenvalue weighted by molar-refractivity contribution is -0.384. The number of nitrogens with two attached hydrogens (primary N) is 1. The Balaban J connectivity index is 0.00000400. The first-order chi connectivity index (χ1) is 9.54. The van der Waals surface area contributed by atoms with E-state index in [1.54, 1.807) is 12.1 Å². The monoisotopic (exact) mass is 315 g/mol. The minimum Gasteiger partial charge on any atom is -0.394 e. The summed E-state index contributed by atoms with van der Waals surface area (Å²) in [4.78, 5) is 15.4. The second-order valence-corrected chi connectivity index (χ2v) is 4.72. The van der Waals surface area contributed by atoms with E-state index in [4.69, 9.17) is 10.6 Å². The van der Waals surface area contributed by atoms with Crippen molar-refractivity contribution in [3.05, 3.63) is 39.9 Å². The van der Waals surface area contributed by atoms with Gasteiger partial charge in [-0.25, -0.2) is 0 Å². The van der Waals surface area contributed by atoms with Crippen molar-refractivity contribution in [1.29, 1.82) is 0 Å². The van der Waals surface area contributed by atoms with Gasteiger partial charge in [-0.1, -0.05) is 18.5 Å². The van der Waals surface area contributed by atoms with Gasteiger partial charge in [-0.05, 0) is 37.5 Å². The molecule has 1 atom stereocenters. The summed E-state index contributed by atoms with van der Waals surface area (Å²) < 4.78 is 0. The molecule has 1 unspecified atom stereocenters. The average Bonchev–Trinajstić information content (AvgIpc) is 2.42. The van der Waals surface area contributed by atoms with E-state index < -0.39 is 4.92 Å².